The number of aliphatic hydroxyl groups excluding tert-OH is 1. The van der Waals surface area contributed by atoms with Crippen LogP contribution in [0.25, 0.3) is 10.9 Å². The molecule has 25 heavy (non-hydrogen) atoms. The molecule has 134 valence electrons. The monoisotopic (exact) mass is 347 g/mol. The minimum atomic E-state index is -1.08. The zero-order valence-electron chi connectivity index (χ0n) is 14.1. The number of alkyl halides is 1. The van der Waals surface area contributed by atoms with Crippen molar-refractivity contribution in [1.29, 1.82) is 0 Å². The Hall–Kier alpha value is -2.19. The first kappa shape index (κ1) is 16.3. The van der Waals surface area contributed by atoms with Gasteiger partial charge in [0.25, 0.3) is 0 Å². The molecule has 2 fully saturated rings. The summed E-state index contributed by atoms with van der Waals surface area (Å²) < 4.78 is 16.0. The van der Waals surface area contributed by atoms with Gasteiger partial charge in [0.1, 0.15) is 6.17 Å². The van der Waals surface area contributed by atoms with Crippen molar-refractivity contribution < 1.29 is 14.3 Å². The molecule has 2 aliphatic rings. The van der Waals surface area contributed by atoms with E-state index in [1.165, 1.54) is 0 Å². The number of hydrogen-bond acceptors (Lipinski definition) is 5. The quantitative estimate of drug-likeness (QED) is 0.741. The van der Waals surface area contributed by atoms with Gasteiger partial charge in [0.2, 0.25) is 12.3 Å². The normalized spacial score (nSPS) is 27.6. The lowest BCUT2D eigenvalue weighted by molar-refractivity contribution is -0.125. The van der Waals surface area contributed by atoms with E-state index < -0.39 is 12.5 Å². The summed E-state index contributed by atoms with van der Waals surface area (Å²) in [5, 5.41) is 21.1. The number of benzene rings is 1. The van der Waals surface area contributed by atoms with E-state index in [9.17, 15) is 14.3 Å². The molecule has 3 atom stereocenters. The molecule has 0 spiro atoms. The Kier molecular flexibility index (Phi) is 4.09. The largest absolute Gasteiger partial charge is 0.356 e. The van der Waals surface area contributed by atoms with Gasteiger partial charge in [-0.05, 0) is 30.7 Å². The second-order valence-electron chi connectivity index (χ2n) is 6.72. The molecule has 0 saturated carbocycles. The fraction of sp³-hybridized carbons (Fsp3) is 0.529. The van der Waals surface area contributed by atoms with Crippen LogP contribution in [0.2, 0.25) is 0 Å². The number of nitrogens with one attached hydrogen (secondary N) is 2. The van der Waals surface area contributed by atoms with Crippen LogP contribution in [0.3, 0.4) is 0 Å². The van der Waals surface area contributed by atoms with Crippen molar-refractivity contribution in [1.82, 2.24) is 20.4 Å². The van der Waals surface area contributed by atoms with E-state index in [1.807, 2.05) is 25.2 Å². The van der Waals surface area contributed by atoms with E-state index in [0.29, 0.717) is 25.3 Å². The van der Waals surface area contributed by atoms with E-state index in [0.717, 1.165) is 29.4 Å². The van der Waals surface area contributed by atoms with Crippen LogP contribution < -0.4 is 15.5 Å². The Bertz CT molecular complexity index is 808. The molecular weight excluding hydrogens is 325 g/mol. The summed E-state index contributed by atoms with van der Waals surface area (Å²) in [5.74, 6) is 0.341. The third-order valence-electron chi connectivity index (χ3n) is 5.13. The van der Waals surface area contributed by atoms with Crippen molar-refractivity contribution >= 4 is 22.6 Å². The Morgan fingerprint density at radius 1 is 1.40 bits per heavy atom. The molecule has 0 radical (unpaired) electrons. The third-order valence-corrected chi connectivity index (χ3v) is 5.13. The average Bonchev–Trinajstić information content (AvgIpc) is 2.91. The lowest BCUT2D eigenvalue weighted by Gasteiger charge is -2.32. The molecule has 3 N–H and O–H groups in total. The van der Waals surface area contributed by atoms with Gasteiger partial charge in [0.15, 0.2) is 5.82 Å². The number of aryl methyl sites for hydroxylation is 1. The highest BCUT2D eigenvalue weighted by Gasteiger charge is 2.29. The number of aliphatic hydroxyl groups is 1. The Morgan fingerprint density at radius 3 is 3.00 bits per heavy atom. The Labute approximate surface area is 144 Å². The zero-order chi connectivity index (χ0) is 17.6. The molecule has 3 heterocycles. The summed E-state index contributed by atoms with van der Waals surface area (Å²) >= 11 is 0. The molecule has 4 rings (SSSR count). The molecule has 7 nitrogen and oxygen atoms in total. The second kappa shape index (κ2) is 6.27. The number of amides is 1. The molecule has 1 aromatic carbocycles. The first-order chi connectivity index (χ1) is 12.0. The fourth-order valence-electron chi connectivity index (χ4n) is 3.75. The van der Waals surface area contributed by atoms with Gasteiger partial charge in [-0.3, -0.25) is 9.48 Å². The van der Waals surface area contributed by atoms with Gasteiger partial charge in [-0.15, -0.1) is 0 Å². The predicted molar refractivity (Wildman–Crippen MR) is 92.0 cm³/mol. The van der Waals surface area contributed by atoms with Crippen LogP contribution in [0.4, 0.5) is 10.2 Å². The van der Waals surface area contributed by atoms with E-state index in [-0.39, 0.29) is 11.8 Å². The van der Waals surface area contributed by atoms with E-state index >= 15 is 0 Å². The first-order valence-electron chi connectivity index (χ1n) is 8.60. The zero-order valence-corrected chi connectivity index (χ0v) is 14.1. The maximum Gasteiger partial charge on any atom is 0.225 e. The summed E-state index contributed by atoms with van der Waals surface area (Å²) in [4.78, 5) is 13.1. The molecule has 2 saturated heterocycles. The summed E-state index contributed by atoms with van der Waals surface area (Å²) in [6.07, 6.45) is -0.892. The number of carbonyl (C=O) groups is 1. The molecular formula is C17H22FN5O2. The molecule has 8 heteroatoms. The van der Waals surface area contributed by atoms with Gasteiger partial charge in [-0.25, -0.2) is 4.39 Å². The number of hydrogen-bond donors (Lipinski definition) is 3. The third kappa shape index (κ3) is 2.85. The topological polar surface area (TPSA) is 82.4 Å². The summed E-state index contributed by atoms with van der Waals surface area (Å²) in [6.45, 7) is 1.61. The highest BCUT2D eigenvalue weighted by atomic mass is 19.1. The Balaban J connectivity index is 1.70. The number of carbonyl (C=O) groups excluding carboxylic acids is 1. The number of fused-ring (bicyclic) bond motifs is 1. The van der Waals surface area contributed by atoms with Crippen LogP contribution in [0, 0.1) is 0 Å². The van der Waals surface area contributed by atoms with Crippen LogP contribution in [-0.4, -0.2) is 53.0 Å². The number of aromatic nitrogens is 2. The number of halogens is 1. The second-order valence-corrected chi connectivity index (χ2v) is 6.72. The summed E-state index contributed by atoms with van der Waals surface area (Å²) in [6, 6.07) is 5.87. The van der Waals surface area contributed by atoms with Gasteiger partial charge in [0, 0.05) is 37.9 Å². The van der Waals surface area contributed by atoms with Crippen LogP contribution in [0.5, 0.6) is 0 Å². The van der Waals surface area contributed by atoms with Crippen molar-refractivity contribution in [3.63, 3.8) is 0 Å². The molecule has 2 aromatic rings. The number of rotatable bonds is 2. The van der Waals surface area contributed by atoms with E-state index in [2.05, 4.69) is 15.7 Å². The smallest absolute Gasteiger partial charge is 0.225 e. The lowest BCUT2D eigenvalue weighted by atomic mass is 9.88. The number of nitrogens with zero attached hydrogens (tertiary/aromatic N) is 3. The molecule has 1 amide bonds. The highest BCUT2D eigenvalue weighted by Crippen LogP contribution is 2.33. The van der Waals surface area contributed by atoms with Gasteiger partial charge in [-0.1, -0.05) is 6.07 Å². The van der Waals surface area contributed by atoms with Crippen LogP contribution in [0.1, 0.15) is 24.3 Å². The molecule has 2 aliphatic heterocycles. The SMILES string of the molecule is Cn1nc(N2CCC(=O)NC2O)c2ccc(C3CCNCC3F)cc21. The van der Waals surface area contributed by atoms with Gasteiger partial charge < -0.3 is 20.6 Å². The number of piperidine rings is 1. The Morgan fingerprint density at radius 2 is 2.24 bits per heavy atom. The van der Waals surface area contributed by atoms with Crippen molar-refractivity contribution in [2.75, 3.05) is 24.5 Å². The predicted octanol–water partition coefficient (Wildman–Crippen LogP) is 0.591. The van der Waals surface area contributed by atoms with Gasteiger partial charge in [-0.2, -0.15) is 5.10 Å². The maximum atomic E-state index is 14.3. The van der Waals surface area contributed by atoms with Gasteiger partial charge in [0.05, 0.1) is 5.52 Å². The summed E-state index contributed by atoms with van der Waals surface area (Å²) in [7, 11) is 1.83. The van der Waals surface area contributed by atoms with Crippen LogP contribution in [-0.2, 0) is 11.8 Å². The van der Waals surface area contributed by atoms with Crippen molar-refractivity contribution in [2.24, 2.45) is 7.05 Å². The molecule has 1 aromatic heterocycles. The highest BCUT2D eigenvalue weighted by molar-refractivity contribution is 5.92. The van der Waals surface area contributed by atoms with E-state index in [4.69, 9.17) is 0 Å². The summed E-state index contributed by atoms with van der Waals surface area (Å²) in [5.41, 5.74) is 1.87. The minimum absolute atomic E-state index is 0.108. The molecule has 3 unspecified atom stereocenters. The van der Waals surface area contributed by atoms with Crippen molar-refractivity contribution in [2.45, 2.75) is 31.3 Å². The van der Waals surface area contributed by atoms with Crippen LogP contribution in [0.15, 0.2) is 18.2 Å². The lowest BCUT2D eigenvalue weighted by Crippen LogP contribution is -2.54. The minimum Gasteiger partial charge on any atom is -0.356 e. The molecule has 0 aliphatic carbocycles. The number of anilines is 1. The van der Waals surface area contributed by atoms with Gasteiger partial charge >= 0.3 is 0 Å². The maximum absolute atomic E-state index is 14.3. The standard InChI is InChI=1S/C17H22FN5O2/c1-22-14-8-10(11-4-6-19-9-13(11)18)2-3-12(14)16(21-22)23-7-5-15(24)20-17(23)25/h2-3,8,11,13,17,19,25H,4-7,9H2,1H3,(H,20,24). The molecule has 0 bridgehead atoms. The average molecular weight is 347 g/mol. The van der Waals surface area contributed by atoms with Crippen LogP contribution >= 0.6 is 0 Å². The van der Waals surface area contributed by atoms with Crippen molar-refractivity contribution in [3.05, 3.63) is 23.8 Å². The van der Waals surface area contributed by atoms with E-state index in [1.54, 1.807) is 9.58 Å². The first-order valence-corrected chi connectivity index (χ1v) is 8.60. The fourth-order valence-corrected chi connectivity index (χ4v) is 3.75. The van der Waals surface area contributed by atoms with Crippen molar-refractivity contribution in [3.8, 4) is 0 Å².